The maximum absolute atomic E-state index is 12.9. The first kappa shape index (κ1) is 32.4. The maximum atomic E-state index is 12.9. The van der Waals surface area contributed by atoms with Gasteiger partial charge in [-0.05, 0) is 68.2 Å². The number of hydrogen-bond acceptors (Lipinski definition) is 6. The van der Waals surface area contributed by atoms with Gasteiger partial charge in [-0.2, -0.15) is 0 Å². The maximum Gasteiger partial charge on any atom is 0.426 e. The zero-order valence-electron chi connectivity index (χ0n) is 25.3. The van der Waals surface area contributed by atoms with Gasteiger partial charge in [-0.15, -0.1) is 0 Å². The second-order valence-corrected chi connectivity index (χ2v) is 11.9. The Morgan fingerprint density at radius 3 is 2.05 bits per heavy atom. The molecule has 228 valence electrons. The summed E-state index contributed by atoms with van der Waals surface area (Å²) in [5, 5.41) is 5.64. The number of amides is 4. The second kappa shape index (κ2) is 15.2. The second-order valence-electron chi connectivity index (χ2n) is 11.9. The number of ether oxygens (including phenoxy) is 2. The van der Waals surface area contributed by atoms with Gasteiger partial charge in [0.15, 0.2) is 0 Å². The molecule has 0 saturated heterocycles. The summed E-state index contributed by atoms with van der Waals surface area (Å²) >= 11 is 0. The Balaban J connectivity index is 1.38. The lowest BCUT2D eigenvalue weighted by atomic mass is 9.98. The Bertz CT molecular complexity index is 1190. The molecule has 10 heteroatoms. The lowest BCUT2D eigenvalue weighted by molar-refractivity contribution is -0.124. The molecule has 0 unspecified atom stereocenters. The van der Waals surface area contributed by atoms with E-state index in [2.05, 4.69) is 45.8 Å². The number of carbonyl (C=O) groups is 4. The molecule has 3 rings (SSSR count). The van der Waals surface area contributed by atoms with Crippen LogP contribution in [0.15, 0.2) is 48.5 Å². The fourth-order valence-electron chi connectivity index (χ4n) is 4.89. The molecule has 10 nitrogen and oxygen atoms in total. The van der Waals surface area contributed by atoms with Crippen molar-refractivity contribution in [1.29, 1.82) is 0 Å². The summed E-state index contributed by atoms with van der Waals surface area (Å²) in [6.07, 6.45) is 1.31. The Labute approximate surface area is 248 Å². The largest absolute Gasteiger partial charge is 0.449 e. The topological polar surface area (TPSA) is 135 Å². The minimum absolute atomic E-state index is 0.0595. The highest BCUT2D eigenvalue weighted by molar-refractivity contribution is 5.85. The number of carbonyl (C=O) groups excluding carboxylic acids is 4. The van der Waals surface area contributed by atoms with Crippen molar-refractivity contribution in [3.63, 3.8) is 0 Å². The molecule has 1 aliphatic carbocycles. The molecule has 0 heterocycles. The van der Waals surface area contributed by atoms with E-state index in [-0.39, 0.29) is 36.7 Å². The minimum atomic E-state index is -0.721. The van der Waals surface area contributed by atoms with Crippen molar-refractivity contribution in [3.05, 3.63) is 59.7 Å². The Morgan fingerprint density at radius 1 is 0.833 bits per heavy atom. The lowest BCUT2D eigenvalue weighted by Crippen LogP contribution is -2.48. The molecule has 4 N–H and O–H groups in total. The SMILES string of the molecule is CC(C)C[C@@H](NC(=O)OCC1c2ccccc2-c2ccccc21)C(=O)NCCCCCC(=O)NNC(=O)OC(C)(C)C. The lowest BCUT2D eigenvalue weighted by Gasteiger charge is -2.21. The predicted octanol–water partition coefficient (Wildman–Crippen LogP) is 5.17. The van der Waals surface area contributed by atoms with Gasteiger partial charge in [-0.25, -0.2) is 15.0 Å². The summed E-state index contributed by atoms with van der Waals surface area (Å²) in [7, 11) is 0. The van der Waals surface area contributed by atoms with E-state index in [1.165, 1.54) is 0 Å². The van der Waals surface area contributed by atoms with Crippen LogP contribution in [0, 0.1) is 5.92 Å². The first-order valence-corrected chi connectivity index (χ1v) is 14.6. The number of alkyl carbamates (subject to hydrolysis) is 1. The monoisotopic (exact) mass is 580 g/mol. The average molecular weight is 581 g/mol. The van der Waals surface area contributed by atoms with Gasteiger partial charge in [0, 0.05) is 18.9 Å². The summed E-state index contributed by atoms with van der Waals surface area (Å²) in [6.45, 7) is 9.76. The van der Waals surface area contributed by atoms with E-state index in [1.54, 1.807) is 20.8 Å². The van der Waals surface area contributed by atoms with E-state index in [0.29, 0.717) is 32.2 Å². The molecule has 1 aliphatic rings. The average Bonchev–Trinajstić information content (AvgIpc) is 3.24. The summed E-state index contributed by atoms with van der Waals surface area (Å²) in [5.41, 5.74) is 8.43. The predicted molar refractivity (Wildman–Crippen MR) is 160 cm³/mol. The number of hydrazine groups is 1. The van der Waals surface area contributed by atoms with Crippen molar-refractivity contribution < 1.29 is 28.7 Å². The fourth-order valence-corrected chi connectivity index (χ4v) is 4.89. The van der Waals surface area contributed by atoms with Crippen molar-refractivity contribution in [1.82, 2.24) is 21.5 Å². The molecule has 1 atom stereocenters. The van der Waals surface area contributed by atoms with Crippen molar-refractivity contribution >= 4 is 24.0 Å². The van der Waals surface area contributed by atoms with Crippen molar-refractivity contribution in [2.45, 2.75) is 84.3 Å². The summed E-state index contributed by atoms with van der Waals surface area (Å²) in [5.74, 6) is -0.469. The van der Waals surface area contributed by atoms with E-state index >= 15 is 0 Å². The van der Waals surface area contributed by atoms with Crippen molar-refractivity contribution in [2.75, 3.05) is 13.2 Å². The first-order chi connectivity index (χ1) is 19.9. The number of nitrogens with one attached hydrogen (secondary N) is 4. The van der Waals surface area contributed by atoms with Gasteiger partial charge in [0.05, 0.1) is 0 Å². The molecule has 0 aromatic heterocycles. The summed E-state index contributed by atoms with van der Waals surface area (Å²) in [4.78, 5) is 49.2. The van der Waals surface area contributed by atoms with Crippen LogP contribution in [0.4, 0.5) is 9.59 Å². The highest BCUT2D eigenvalue weighted by Crippen LogP contribution is 2.44. The van der Waals surface area contributed by atoms with E-state index in [4.69, 9.17) is 9.47 Å². The number of hydrogen-bond donors (Lipinski definition) is 4. The van der Waals surface area contributed by atoms with Gasteiger partial charge < -0.3 is 20.1 Å². The third kappa shape index (κ3) is 10.1. The van der Waals surface area contributed by atoms with Gasteiger partial charge in [0.1, 0.15) is 18.2 Å². The van der Waals surface area contributed by atoms with Crippen LogP contribution in [0.2, 0.25) is 0 Å². The first-order valence-electron chi connectivity index (χ1n) is 14.6. The zero-order chi connectivity index (χ0) is 30.7. The van der Waals surface area contributed by atoms with Crippen LogP contribution < -0.4 is 21.5 Å². The van der Waals surface area contributed by atoms with Crippen molar-refractivity contribution in [2.24, 2.45) is 5.92 Å². The van der Waals surface area contributed by atoms with Gasteiger partial charge in [-0.3, -0.25) is 15.0 Å². The van der Waals surface area contributed by atoms with E-state index in [1.807, 2.05) is 38.1 Å². The molecular formula is C32H44N4O6. The number of benzene rings is 2. The van der Waals surface area contributed by atoms with Gasteiger partial charge in [0.2, 0.25) is 11.8 Å². The van der Waals surface area contributed by atoms with Gasteiger partial charge in [-0.1, -0.05) is 68.8 Å². The smallest absolute Gasteiger partial charge is 0.426 e. The van der Waals surface area contributed by atoms with Crippen LogP contribution in [-0.2, 0) is 19.1 Å². The summed E-state index contributed by atoms with van der Waals surface area (Å²) < 4.78 is 10.7. The number of unbranched alkanes of at least 4 members (excludes halogenated alkanes) is 2. The fraction of sp³-hybridized carbons (Fsp3) is 0.500. The van der Waals surface area contributed by atoms with Crippen LogP contribution in [0.25, 0.3) is 11.1 Å². The normalized spacial score (nSPS) is 13.0. The highest BCUT2D eigenvalue weighted by Gasteiger charge is 2.30. The molecule has 0 spiro atoms. The molecule has 2 aromatic carbocycles. The molecule has 0 radical (unpaired) electrons. The molecular weight excluding hydrogens is 536 g/mol. The molecule has 4 amide bonds. The minimum Gasteiger partial charge on any atom is -0.449 e. The molecule has 42 heavy (non-hydrogen) atoms. The third-order valence-electron chi connectivity index (χ3n) is 6.74. The number of rotatable bonds is 12. The molecule has 0 fully saturated rings. The molecule has 0 aliphatic heterocycles. The molecule has 0 bridgehead atoms. The quantitative estimate of drug-likeness (QED) is 0.202. The van der Waals surface area contributed by atoms with Crippen LogP contribution >= 0.6 is 0 Å². The number of fused-ring (bicyclic) bond motifs is 3. The van der Waals surface area contributed by atoms with Crippen LogP contribution in [0.1, 0.15) is 83.8 Å². The Kier molecular flexibility index (Phi) is 11.8. The Hall–Kier alpha value is -4.08. The van der Waals surface area contributed by atoms with E-state index in [9.17, 15) is 19.2 Å². The van der Waals surface area contributed by atoms with E-state index < -0.39 is 23.8 Å². The van der Waals surface area contributed by atoms with E-state index in [0.717, 1.165) is 22.3 Å². The van der Waals surface area contributed by atoms with Crippen LogP contribution in [0.5, 0.6) is 0 Å². The van der Waals surface area contributed by atoms with Crippen LogP contribution in [-0.4, -0.2) is 48.8 Å². The molecule has 0 saturated carbocycles. The van der Waals surface area contributed by atoms with Crippen LogP contribution in [0.3, 0.4) is 0 Å². The summed E-state index contributed by atoms with van der Waals surface area (Å²) in [6, 6.07) is 15.5. The zero-order valence-corrected chi connectivity index (χ0v) is 25.3. The van der Waals surface area contributed by atoms with Gasteiger partial charge in [0.25, 0.3) is 0 Å². The van der Waals surface area contributed by atoms with Gasteiger partial charge >= 0.3 is 12.2 Å². The molecule has 2 aromatic rings. The van der Waals surface area contributed by atoms with Crippen molar-refractivity contribution in [3.8, 4) is 11.1 Å². The standard InChI is InChI=1S/C32H44N4O6/c1-21(2)19-27(29(38)33-18-12-6-7-17-28(37)35-36-31(40)42-32(3,4)5)34-30(39)41-20-26-24-15-10-8-13-22(24)23-14-9-11-16-25(23)26/h8-11,13-16,21,26-27H,6-7,12,17-20H2,1-5H3,(H,33,38)(H,34,39)(H,35,37)(H,36,40)/t27-/m1/s1. The third-order valence-corrected chi connectivity index (χ3v) is 6.74. The highest BCUT2D eigenvalue weighted by atomic mass is 16.6. The Morgan fingerprint density at radius 2 is 1.45 bits per heavy atom.